The van der Waals surface area contributed by atoms with Crippen LogP contribution in [0.3, 0.4) is 0 Å². The van der Waals surface area contributed by atoms with Crippen LogP contribution in [0.2, 0.25) is 5.02 Å². The lowest BCUT2D eigenvalue weighted by Gasteiger charge is -2.32. The normalized spacial score (nSPS) is 15.0. The predicted octanol–water partition coefficient (Wildman–Crippen LogP) is 4.68. The molecule has 3 aromatic rings. The fourth-order valence-electron chi connectivity index (χ4n) is 3.86. The highest BCUT2D eigenvalue weighted by atomic mass is 35.5. The largest absolute Gasteiger partial charge is 0.342 e. The zero-order valence-corrected chi connectivity index (χ0v) is 16.6. The maximum absolute atomic E-state index is 12.6. The number of imidazole rings is 1. The molecule has 0 aliphatic carbocycles. The van der Waals surface area contributed by atoms with Crippen LogP contribution in [-0.2, 0) is 17.8 Å². The molecular formula is C23H24ClN3O. The molecule has 0 N–H and O–H groups in total. The molecule has 0 saturated carbocycles. The van der Waals surface area contributed by atoms with Crippen LogP contribution in [0.1, 0.15) is 18.4 Å². The quantitative estimate of drug-likeness (QED) is 0.631. The van der Waals surface area contributed by atoms with Crippen molar-refractivity contribution >= 4 is 17.5 Å². The highest BCUT2D eigenvalue weighted by molar-refractivity contribution is 6.31. The van der Waals surface area contributed by atoms with E-state index in [1.165, 1.54) is 0 Å². The lowest BCUT2D eigenvalue weighted by molar-refractivity contribution is -0.131. The Balaban J connectivity index is 1.33. The fourth-order valence-corrected chi connectivity index (χ4v) is 4.07. The van der Waals surface area contributed by atoms with Gasteiger partial charge in [0.1, 0.15) is 5.82 Å². The summed E-state index contributed by atoms with van der Waals surface area (Å²) in [6, 6.07) is 17.9. The molecule has 144 valence electrons. The average Bonchev–Trinajstić information content (AvgIpc) is 3.19. The molecule has 0 unspecified atom stereocenters. The topological polar surface area (TPSA) is 38.1 Å². The first-order valence-electron chi connectivity index (χ1n) is 9.78. The molecule has 1 aliphatic heterocycles. The number of aromatic nitrogens is 2. The molecule has 2 heterocycles. The summed E-state index contributed by atoms with van der Waals surface area (Å²) in [6.45, 7) is 2.56. The van der Waals surface area contributed by atoms with Crippen molar-refractivity contribution in [3.8, 4) is 11.4 Å². The van der Waals surface area contributed by atoms with Crippen molar-refractivity contribution in [2.75, 3.05) is 13.1 Å². The standard InChI is InChI=1S/C23H24ClN3O/c24-21-9-5-4-8-20(21)16-22(28)26-13-10-18(11-14-26)17-27-15-12-25-23(27)19-6-2-1-3-7-19/h1-9,12,15,18H,10-11,13-14,16-17H2. The van der Waals surface area contributed by atoms with Crippen molar-refractivity contribution in [3.63, 3.8) is 0 Å². The Morgan fingerprint density at radius 2 is 1.75 bits per heavy atom. The van der Waals surface area contributed by atoms with Gasteiger partial charge in [-0.2, -0.15) is 0 Å². The maximum Gasteiger partial charge on any atom is 0.227 e. The van der Waals surface area contributed by atoms with Crippen molar-refractivity contribution in [3.05, 3.63) is 77.6 Å². The zero-order valence-electron chi connectivity index (χ0n) is 15.8. The fraction of sp³-hybridized carbons (Fsp3) is 0.304. The summed E-state index contributed by atoms with van der Waals surface area (Å²) in [5.41, 5.74) is 2.04. The number of piperidine rings is 1. The molecule has 0 bridgehead atoms. The third-order valence-corrected chi connectivity index (χ3v) is 5.84. The lowest BCUT2D eigenvalue weighted by atomic mass is 9.96. The number of nitrogens with zero attached hydrogens (tertiary/aromatic N) is 3. The predicted molar refractivity (Wildman–Crippen MR) is 112 cm³/mol. The number of hydrogen-bond acceptors (Lipinski definition) is 2. The molecule has 1 aromatic heterocycles. The molecular weight excluding hydrogens is 370 g/mol. The van der Waals surface area contributed by atoms with Gasteiger partial charge in [0.2, 0.25) is 5.91 Å². The van der Waals surface area contributed by atoms with Gasteiger partial charge in [-0.05, 0) is 30.4 Å². The monoisotopic (exact) mass is 393 g/mol. The average molecular weight is 394 g/mol. The van der Waals surface area contributed by atoms with Crippen LogP contribution in [0, 0.1) is 5.92 Å². The van der Waals surface area contributed by atoms with Gasteiger partial charge in [0.25, 0.3) is 0 Å². The van der Waals surface area contributed by atoms with E-state index in [0.29, 0.717) is 17.4 Å². The molecule has 1 aliphatic rings. The van der Waals surface area contributed by atoms with Gasteiger partial charge >= 0.3 is 0 Å². The van der Waals surface area contributed by atoms with Crippen LogP contribution in [0.5, 0.6) is 0 Å². The van der Waals surface area contributed by atoms with E-state index in [9.17, 15) is 4.79 Å². The van der Waals surface area contributed by atoms with E-state index in [1.807, 2.05) is 53.6 Å². The summed E-state index contributed by atoms with van der Waals surface area (Å²) < 4.78 is 2.24. The van der Waals surface area contributed by atoms with E-state index in [0.717, 1.165) is 49.4 Å². The molecule has 28 heavy (non-hydrogen) atoms. The molecule has 0 atom stereocenters. The molecule has 1 fully saturated rings. The Morgan fingerprint density at radius 3 is 2.50 bits per heavy atom. The minimum Gasteiger partial charge on any atom is -0.342 e. The Bertz CT molecular complexity index is 930. The Morgan fingerprint density at radius 1 is 1.04 bits per heavy atom. The first-order chi connectivity index (χ1) is 13.7. The van der Waals surface area contributed by atoms with Crippen molar-refractivity contribution < 1.29 is 4.79 Å². The van der Waals surface area contributed by atoms with Gasteiger partial charge in [-0.25, -0.2) is 4.98 Å². The van der Waals surface area contributed by atoms with E-state index in [2.05, 4.69) is 27.9 Å². The second kappa shape index (κ2) is 8.61. The summed E-state index contributed by atoms with van der Waals surface area (Å²) in [5.74, 6) is 1.73. The third kappa shape index (κ3) is 4.28. The first kappa shape index (κ1) is 18.8. The molecule has 1 saturated heterocycles. The van der Waals surface area contributed by atoms with Crippen molar-refractivity contribution in [1.29, 1.82) is 0 Å². The van der Waals surface area contributed by atoms with Gasteiger partial charge in [-0.1, -0.05) is 60.1 Å². The second-order valence-electron chi connectivity index (χ2n) is 7.36. The third-order valence-electron chi connectivity index (χ3n) is 5.47. The van der Waals surface area contributed by atoms with Gasteiger partial charge < -0.3 is 9.47 Å². The highest BCUT2D eigenvalue weighted by Crippen LogP contribution is 2.24. The van der Waals surface area contributed by atoms with Gasteiger partial charge in [-0.15, -0.1) is 0 Å². The number of amides is 1. The number of carbonyl (C=O) groups is 1. The van der Waals surface area contributed by atoms with Gasteiger partial charge in [0.05, 0.1) is 6.42 Å². The zero-order chi connectivity index (χ0) is 19.3. The minimum atomic E-state index is 0.166. The Hall–Kier alpha value is -2.59. The van der Waals surface area contributed by atoms with E-state index in [-0.39, 0.29) is 5.91 Å². The van der Waals surface area contributed by atoms with Crippen molar-refractivity contribution in [2.45, 2.75) is 25.8 Å². The Kier molecular flexibility index (Phi) is 5.77. The first-order valence-corrected chi connectivity index (χ1v) is 10.2. The number of hydrogen-bond donors (Lipinski definition) is 0. The number of carbonyl (C=O) groups excluding carboxylic acids is 1. The lowest BCUT2D eigenvalue weighted by Crippen LogP contribution is -2.40. The summed E-state index contributed by atoms with van der Waals surface area (Å²) in [5, 5.41) is 0.666. The summed E-state index contributed by atoms with van der Waals surface area (Å²) in [6.07, 6.45) is 6.33. The highest BCUT2D eigenvalue weighted by Gasteiger charge is 2.24. The summed E-state index contributed by atoms with van der Waals surface area (Å²) in [4.78, 5) is 19.1. The van der Waals surface area contributed by atoms with E-state index < -0.39 is 0 Å². The molecule has 5 heteroatoms. The van der Waals surface area contributed by atoms with Crippen LogP contribution in [0.15, 0.2) is 67.0 Å². The molecule has 4 nitrogen and oxygen atoms in total. The summed E-state index contributed by atoms with van der Waals surface area (Å²) >= 11 is 6.20. The van der Waals surface area contributed by atoms with Gasteiger partial charge in [0.15, 0.2) is 0 Å². The van der Waals surface area contributed by atoms with Crippen molar-refractivity contribution in [2.24, 2.45) is 5.92 Å². The Labute approximate surface area is 170 Å². The van der Waals surface area contributed by atoms with Gasteiger partial charge in [-0.3, -0.25) is 4.79 Å². The molecule has 2 aromatic carbocycles. The number of likely N-dealkylation sites (tertiary alicyclic amines) is 1. The van der Waals surface area contributed by atoms with Crippen LogP contribution >= 0.6 is 11.6 Å². The molecule has 0 radical (unpaired) electrons. The number of halogens is 1. The van der Waals surface area contributed by atoms with E-state index in [4.69, 9.17) is 11.6 Å². The van der Waals surface area contributed by atoms with Crippen LogP contribution < -0.4 is 0 Å². The van der Waals surface area contributed by atoms with Gasteiger partial charge in [0, 0.05) is 42.6 Å². The van der Waals surface area contributed by atoms with E-state index in [1.54, 1.807) is 0 Å². The smallest absolute Gasteiger partial charge is 0.227 e. The maximum atomic E-state index is 12.6. The molecule has 1 amide bonds. The molecule has 4 rings (SSSR count). The van der Waals surface area contributed by atoms with Crippen LogP contribution in [0.25, 0.3) is 11.4 Å². The van der Waals surface area contributed by atoms with Crippen LogP contribution in [0.4, 0.5) is 0 Å². The van der Waals surface area contributed by atoms with Crippen molar-refractivity contribution in [1.82, 2.24) is 14.5 Å². The van der Waals surface area contributed by atoms with Crippen LogP contribution in [-0.4, -0.2) is 33.4 Å². The van der Waals surface area contributed by atoms with E-state index >= 15 is 0 Å². The summed E-state index contributed by atoms with van der Waals surface area (Å²) in [7, 11) is 0. The molecule has 0 spiro atoms. The number of rotatable bonds is 5. The minimum absolute atomic E-state index is 0.166. The number of benzene rings is 2. The second-order valence-corrected chi connectivity index (χ2v) is 7.77. The SMILES string of the molecule is O=C(Cc1ccccc1Cl)N1CCC(Cn2ccnc2-c2ccccc2)CC1.